The summed E-state index contributed by atoms with van der Waals surface area (Å²) in [7, 11) is -3.59. The number of Topliss-reactive ketones (excluding diaryl/α,β-unsaturated/α-hetero) is 1. The first-order valence-corrected chi connectivity index (χ1v) is 12.1. The fraction of sp³-hybridized carbons (Fsp3) is 0.0741. The van der Waals surface area contributed by atoms with Crippen molar-refractivity contribution in [3.8, 4) is 0 Å². The van der Waals surface area contributed by atoms with Crippen LogP contribution < -0.4 is 10.6 Å². The van der Waals surface area contributed by atoms with Crippen LogP contribution in [0.2, 0.25) is 0 Å². The predicted octanol–water partition coefficient (Wildman–Crippen LogP) is 6.64. The molecule has 4 aromatic carbocycles. The second-order valence-electron chi connectivity index (χ2n) is 7.58. The molecule has 0 aliphatic heterocycles. The molecule has 6 heteroatoms. The van der Waals surface area contributed by atoms with Crippen molar-refractivity contribution in [1.82, 2.24) is 0 Å². The highest BCUT2D eigenvalue weighted by Crippen LogP contribution is 2.58. The highest BCUT2D eigenvalue weighted by molar-refractivity contribution is 7.79. The van der Waals surface area contributed by atoms with Crippen molar-refractivity contribution < 1.29 is 22.5 Å². The lowest BCUT2D eigenvalue weighted by Gasteiger charge is -2.28. The smallest absolute Gasteiger partial charge is 0.313 e. The minimum atomic E-state index is -4.51. The molecule has 0 aliphatic rings. The van der Waals surface area contributed by atoms with Crippen molar-refractivity contribution in [2.75, 3.05) is 0 Å². The van der Waals surface area contributed by atoms with Gasteiger partial charge >= 0.3 is 6.18 Å². The third kappa shape index (κ3) is 4.55. The molecule has 0 spiro atoms. The number of ketones is 1. The molecule has 166 valence electrons. The molecule has 2 nitrogen and oxygen atoms in total. The van der Waals surface area contributed by atoms with Crippen molar-refractivity contribution in [2.45, 2.75) is 11.8 Å². The van der Waals surface area contributed by atoms with Gasteiger partial charge in [-0.2, -0.15) is 13.2 Å². The van der Waals surface area contributed by atoms with Crippen LogP contribution >= 0.6 is 7.14 Å². The first-order chi connectivity index (χ1) is 15.8. The molecule has 0 bridgehead atoms. The molecule has 0 aliphatic carbocycles. The first-order valence-electron chi connectivity index (χ1n) is 10.3. The molecule has 1 unspecified atom stereocenters. The van der Waals surface area contributed by atoms with E-state index in [1.54, 1.807) is 91.0 Å². The minimum absolute atomic E-state index is 0.0731. The largest absolute Gasteiger partial charge is 0.416 e. The molecule has 0 aromatic heterocycles. The Morgan fingerprint density at radius 1 is 0.636 bits per heavy atom. The van der Waals surface area contributed by atoms with Gasteiger partial charge in [0.15, 0.2) is 12.9 Å². The monoisotopic (exact) mass is 464 g/mol. The van der Waals surface area contributed by atoms with E-state index in [2.05, 4.69) is 0 Å². The Morgan fingerprint density at radius 2 is 1.06 bits per heavy atom. The first kappa shape index (κ1) is 22.8. The SMILES string of the molecule is O=C(c1ccc(C(F)(F)F)cc1)C(c1ccccc1)P(=O)(c1ccccc1)c1ccccc1. The van der Waals surface area contributed by atoms with Crippen LogP contribution in [-0.2, 0) is 10.7 Å². The van der Waals surface area contributed by atoms with Gasteiger partial charge in [0.05, 0.1) is 5.56 Å². The standard InChI is InChI=1S/C27H20F3O2P/c28-27(29,30)22-18-16-20(17-19-22)25(31)26(21-10-4-1-5-11-21)33(32,23-12-6-2-7-13-23)24-14-8-3-9-15-24/h1-19,26H. The van der Waals surface area contributed by atoms with Crippen LogP contribution in [0.4, 0.5) is 13.2 Å². The molecular formula is C27H20F3O2P. The summed E-state index contributed by atoms with van der Waals surface area (Å²) >= 11 is 0. The van der Waals surface area contributed by atoms with Gasteiger partial charge in [0, 0.05) is 16.2 Å². The number of benzene rings is 4. The summed E-state index contributed by atoms with van der Waals surface area (Å²) in [4.78, 5) is 13.8. The average molecular weight is 464 g/mol. The van der Waals surface area contributed by atoms with E-state index >= 15 is 0 Å². The Labute approximate surface area is 190 Å². The highest BCUT2D eigenvalue weighted by Gasteiger charge is 2.42. The zero-order chi connectivity index (χ0) is 23.5. The molecule has 0 saturated heterocycles. The van der Waals surface area contributed by atoms with Crippen LogP contribution in [0.5, 0.6) is 0 Å². The predicted molar refractivity (Wildman–Crippen MR) is 125 cm³/mol. The third-order valence-corrected chi connectivity index (χ3v) is 8.89. The third-order valence-electron chi connectivity index (χ3n) is 5.50. The zero-order valence-corrected chi connectivity index (χ0v) is 18.3. The Morgan fingerprint density at radius 3 is 1.48 bits per heavy atom. The molecule has 4 rings (SSSR count). The van der Waals surface area contributed by atoms with Gasteiger partial charge in [0.1, 0.15) is 5.66 Å². The van der Waals surface area contributed by atoms with Crippen molar-refractivity contribution in [1.29, 1.82) is 0 Å². The number of halogens is 3. The summed E-state index contributed by atoms with van der Waals surface area (Å²) in [6, 6.07) is 30.4. The quantitative estimate of drug-likeness (QED) is 0.237. The van der Waals surface area contributed by atoms with Gasteiger partial charge in [-0.05, 0) is 17.7 Å². The normalized spacial score (nSPS) is 12.8. The summed E-state index contributed by atoms with van der Waals surface area (Å²) in [6.45, 7) is 0. The summed E-state index contributed by atoms with van der Waals surface area (Å²) in [5.74, 6) is -0.494. The molecule has 0 saturated carbocycles. The summed E-state index contributed by atoms with van der Waals surface area (Å²) in [5.41, 5.74) is -1.33. The number of hydrogen-bond donors (Lipinski definition) is 0. The topological polar surface area (TPSA) is 34.1 Å². The van der Waals surface area contributed by atoms with Crippen molar-refractivity contribution in [3.63, 3.8) is 0 Å². The molecule has 0 N–H and O–H groups in total. The average Bonchev–Trinajstić information content (AvgIpc) is 2.85. The zero-order valence-electron chi connectivity index (χ0n) is 17.4. The highest BCUT2D eigenvalue weighted by atomic mass is 31.2. The van der Waals surface area contributed by atoms with E-state index in [1.165, 1.54) is 0 Å². The number of carbonyl (C=O) groups excluding carboxylic acids is 1. The molecule has 1 atom stereocenters. The maximum Gasteiger partial charge on any atom is 0.416 e. The maximum atomic E-state index is 15.0. The second-order valence-corrected chi connectivity index (χ2v) is 10.4. The Kier molecular flexibility index (Phi) is 6.35. The van der Waals surface area contributed by atoms with E-state index in [4.69, 9.17) is 0 Å². The van der Waals surface area contributed by atoms with E-state index in [0.717, 1.165) is 24.3 Å². The summed E-state index contributed by atoms with van der Waals surface area (Å²) < 4.78 is 54.1. The van der Waals surface area contributed by atoms with Gasteiger partial charge in [0.2, 0.25) is 0 Å². The molecule has 0 heterocycles. The van der Waals surface area contributed by atoms with Gasteiger partial charge in [-0.1, -0.05) is 103 Å². The van der Waals surface area contributed by atoms with E-state index in [9.17, 15) is 22.5 Å². The summed E-state index contributed by atoms with van der Waals surface area (Å²) in [6.07, 6.45) is -4.51. The van der Waals surface area contributed by atoms with Gasteiger partial charge < -0.3 is 4.57 Å². The Bertz CT molecular complexity index is 1230. The van der Waals surface area contributed by atoms with Crippen LogP contribution in [0.15, 0.2) is 115 Å². The van der Waals surface area contributed by atoms with Gasteiger partial charge in [-0.3, -0.25) is 4.79 Å². The lowest BCUT2D eigenvalue weighted by molar-refractivity contribution is -0.137. The molecule has 4 aromatic rings. The summed E-state index contributed by atoms with van der Waals surface area (Å²) in [5, 5.41) is 1.01. The van der Waals surface area contributed by atoms with Gasteiger partial charge in [0.25, 0.3) is 0 Å². The minimum Gasteiger partial charge on any atom is -0.313 e. The van der Waals surface area contributed by atoms with E-state index in [1.807, 2.05) is 0 Å². The lowest BCUT2D eigenvalue weighted by Crippen LogP contribution is -2.26. The molecule has 0 amide bonds. The van der Waals surface area contributed by atoms with Crippen LogP contribution in [0.1, 0.15) is 27.1 Å². The second kappa shape index (κ2) is 9.21. The number of rotatable bonds is 6. The Hall–Kier alpha value is -3.43. The van der Waals surface area contributed by atoms with E-state index < -0.39 is 30.3 Å². The number of carbonyl (C=O) groups is 1. The van der Waals surface area contributed by atoms with E-state index in [0.29, 0.717) is 16.2 Å². The van der Waals surface area contributed by atoms with Crippen LogP contribution in [0, 0.1) is 0 Å². The number of hydrogen-bond acceptors (Lipinski definition) is 2. The molecular weight excluding hydrogens is 444 g/mol. The van der Waals surface area contributed by atoms with Crippen LogP contribution in [-0.4, -0.2) is 5.78 Å². The fourth-order valence-electron chi connectivity index (χ4n) is 3.89. The van der Waals surface area contributed by atoms with Crippen LogP contribution in [0.3, 0.4) is 0 Å². The molecule has 0 fully saturated rings. The van der Waals surface area contributed by atoms with Crippen LogP contribution in [0.25, 0.3) is 0 Å². The van der Waals surface area contributed by atoms with Crippen molar-refractivity contribution in [2.24, 2.45) is 0 Å². The molecule has 33 heavy (non-hydrogen) atoms. The lowest BCUT2D eigenvalue weighted by atomic mass is 10.0. The van der Waals surface area contributed by atoms with Gasteiger partial charge in [-0.15, -0.1) is 0 Å². The maximum absolute atomic E-state index is 15.0. The Balaban J connectivity index is 1.93. The van der Waals surface area contributed by atoms with Gasteiger partial charge in [-0.25, -0.2) is 0 Å². The fourth-order valence-corrected chi connectivity index (χ4v) is 7.09. The van der Waals surface area contributed by atoms with Crippen molar-refractivity contribution >= 4 is 23.5 Å². The van der Waals surface area contributed by atoms with E-state index in [-0.39, 0.29) is 5.56 Å². The molecule has 0 radical (unpaired) electrons. The van der Waals surface area contributed by atoms with Crippen molar-refractivity contribution in [3.05, 3.63) is 132 Å². The number of alkyl halides is 3.